The molecule has 0 N–H and O–H groups in total. The van der Waals surface area contributed by atoms with Gasteiger partial charge in [-0.05, 0) is 0 Å². The highest BCUT2D eigenvalue weighted by Crippen LogP contribution is 2.30. The van der Waals surface area contributed by atoms with E-state index in [1.54, 1.807) is 0 Å². The molecule has 1 heterocycles. The van der Waals surface area contributed by atoms with Gasteiger partial charge in [0.25, 0.3) is 5.88 Å². The second-order valence-corrected chi connectivity index (χ2v) is 1.70. The van der Waals surface area contributed by atoms with E-state index in [-0.39, 0.29) is 0 Å². The summed E-state index contributed by atoms with van der Waals surface area (Å²) in [5, 5.41) is 0. The summed E-state index contributed by atoms with van der Waals surface area (Å²) in [6.07, 6.45) is -2.95. The fraction of sp³-hybridized carbons (Fsp3) is 0.200. The van der Waals surface area contributed by atoms with E-state index in [1.165, 1.54) is 0 Å². The predicted molar refractivity (Wildman–Crippen MR) is 29.3 cm³/mol. The molecule has 1 rings (SSSR count). The second kappa shape index (κ2) is 2.78. The number of oxazole rings is 1. The first-order valence-corrected chi connectivity index (χ1v) is 2.65. The monoisotopic (exact) mass is 178 g/mol. The number of aromatic nitrogens is 1. The van der Waals surface area contributed by atoms with Gasteiger partial charge in [0, 0.05) is 0 Å². The van der Waals surface area contributed by atoms with Gasteiger partial charge in [0.2, 0.25) is 6.08 Å². The van der Waals surface area contributed by atoms with Crippen LogP contribution in [0.25, 0.3) is 0 Å². The molecule has 1 aromatic rings. The Morgan fingerprint density at radius 2 is 2.25 bits per heavy atom. The number of aliphatic imine (C=N–C) groups is 1. The van der Waals surface area contributed by atoms with Crippen LogP contribution in [0.15, 0.2) is 15.6 Å². The Morgan fingerprint density at radius 3 is 2.67 bits per heavy atom. The van der Waals surface area contributed by atoms with E-state index in [4.69, 9.17) is 0 Å². The maximum absolute atomic E-state index is 11.7. The van der Waals surface area contributed by atoms with Gasteiger partial charge in [-0.15, -0.1) is 4.99 Å². The molecule has 7 heteroatoms. The molecule has 1 aromatic heterocycles. The van der Waals surface area contributed by atoms with E-state index in [1.807, 2.05) is 0 Å². The quantitative estimate of drug-likeness (QED) is 0.485. The number of nitrogens with zero attached hydrogens (tertiary/aromatic N) is 2. The van der Waals surface area contributed by atoms with Crippen molar-refractivity contribution in [1.82, 2.24) is 4.98 Å². The fourth-order valence-corrected chi connectivity index (χ4v) is 0.493. The van der Waals surface area contributed by atoms with Crippen molar-refractivity contribution in [3.05, 3.63) is 12.1 Å². The van der Waals surface area contributed by atoms with Crippen molar-refractivity contribution in [2.75, 3.05) is 0 Å². The van der Waals surface area contributed by atoms with Gasteiger partial charge in [-0.3, -0.25) is 0 Å². The first-order chi connectivity index (χ1) is 5.54. The molecule has 0 amide bonds. The van der Waals surface area contributed by atoms with E-state index < -0.39 is 18.0 Å². The third-order valence-electron chi connectivity index (χ3n) is 0.892. The number of hydrogen-bond acceptors (Lipinski definition) is 4. The molecule has 0 spiro atoms. The Balaban J connectivity index is 2.99. The summed E-state index contributed by atoms with van der Waals surface area (Å²) in [4.78, 5) is 15.2. The first kappa shape index (κ1) is 8.48. The van der Waals surface area contributed by atoms with E-state index in [0.717, 1.165) is 6.08 Å². The van der Waals surface area contributed by atoms with Crippen LogP contribution in [-0.4, -0.2) is 11.1 Å². The van der Waals surface area contributed by atoms with Gasteiger partial charge in [0.1, 0.15) is 0 Å². The zero-order valence-corrected chi connectivity index (χ0v) is 5.42. The van der Waals surface area contributed by atoms with Crippen LogP contribution in [-0.2, 0) is 11.0 Å². The second-order valence-electron chi connectivity index (χ2n) is 1.70. The zero-order valence-electron chi connectivity index (χ0n) is 5.42. The lowest BCUT2D eigenvalue weighted by Gasteiger charge is -1.96. The number of alkyl halides is 3. The Labute approximate surface area is 63.7 Å². The van der Waals surface area contributed by atoms with E-state index in [2.05, 4.69) is 14.4 Å². The Kier molecular flexibility index (Phi) is 1.97. The standard InChI is InChI=1S/C5HF3N2O2/c6-5(7,8)4-9-1-3(12-4)10-2-11/h1H. The minimum atomic E-state index is -4.66. The lowest BCUT2D eigenvalue weighted by Crippen LogP contribution is -2.04. The molecule has 4 nitrogen and oxygen atoms in total. The van der Waals surface area contributed by atoms with Crippen molar-refractivity contribution in [3.8, 4) is 0 Å². The van der Waals surface area contributed by atoms with Crippen molar-refractivity contribution in [3.63, 3.8) is 0 Å². The highest BCUT2D eigenvalue weighted by atomic mass is 19.4. The molecule has 0 aliphatic rings. The van der Waals surface area contributed by atoms with Gasteiger partial charge >= 0.3 is 12.1 Å². The summed E-state index contributed by atoms with van der Waals surface area (Å²) in [7, 11) is 0. The van der Waals surface area contributed by atoms with Gasteiger partial charge in [-0.1, -0.05) is 0 Å². The third-order valence-corrected chi connectivity index (χ3v) is 0.892. The van der Waals surface area contributed by atoms with Gasteiger partial charge in [0.05, 0.1) is 6.20 Å². The van der Waals surface area contributed by atoms with Gasteiger partial charge in [0.15, 0.2) is 0 Å². The highest BCUT2D eigenvalue weighted by Gasteiger charge is 2.37. The van der Waals surface area contributed by atoms with Crippen LogP contribution in [0, 0.1) is 0 Å². The number of hydrogen-bond donors (Lipinski definition) is 0. The van der Waals surface area contributed by atoms with Crippen LogP contribution in [0.2, 0.25) is 0 Å². The normalized spacial score (nSPS) is 10.9. The number of isocyanates is 1. The Hall–Kier alpha value is -1.62. The average Bonchev–Trinajstić information content (AvgIpc) is 2.35. The van der Waals surface area contributed by atoms with Crippen LogP contribution in [0.5, 0.6) is 0 Å². The Bertz CT molecular complexity index is 324. The summed E-state index contributed by atoms with van der Waals surface area (Å²) in [5.41, 5.74) is 0. The minimum Gasteiger partial charge on any atom is -0.414 e. The summed E-state index contributed by atoms with van der Waals surface area (Å²) < 4.78 is 39.3. The topological polar surface area (TPSA) is 55.5 Å². The van der Waals surface area contributed by atoms with Crippen molar-refractivity contribution in [2.45, 2.75) is 6.18 Å². The van der Waals surface area contributed by atoms with Crippen LogP contribution < -0.4 is 0 Å². The zero-order chi connectivity index (χ0) is 9.19. The van der Waals surface area contributed by atoms with Crippen LogP contribution >= 0.6 is 0 Å². The van der Waals surface area contributed by atoms with E-state index in [0.29, 0.717) is 6.20 Å². The maximum atomic E-state index is 11.7. The third kappa shape index (κ3) is 1.70. The van der Waals surface area contributed by atoms with E-state index in [9.17, 15) is 18.0 Å². The lowest BCUT2D eigenvalue weighted by molar-refractivity contribution is -0.156. The molecule has 12 heavy (non-hydrogen) atoms. The van der Waals surface area contributed by atoms with Crippen LogP contribution in [0.4, 0.5) is 19.1 Å². The first-order valence-electron chi connectivity index (χ1n) is 2.65. The largest absolute Gasteiger partial charge is 0.469 e. The van der Waals surface area contributed by atoms with Gasteiger partial charge < -0.3 is 4.42 Å². The molecule has 64 valence electrons. The molecule has 0 radical (unpaired) electrons. The molecule has 0 fully saturated rings. The fourth-order valence-electron chi connectivity index (χ4n) is 0.493. The molecule has 0 aromatic carbocycles. The summed E-state index contributed by atoms with van der Waals surface area (Å²) in [6, 6.07) is 0. The summed E-state index contributed by atoms with van der Waals surface area (Å²) in [6.45, 7) is 0. The van der Waals surface area contributed by atoms with Crippen molar-refractivity contribution >= 4 is 12.0 Å². The molecule has 0 unspecified atom stereocenters. The smallest absolute Gasteiger partial charge is 0.414 e. The molecular formula is C5HF3N2O2. The van der Waals surface area contributed by atoms with E-state index >= 15 is 0 Å². The van der Waals surface area contributed by atoms with Gasteiger partial charge in [-0.25, -0.2) is 9.78 Å². The molecule has 0 aliphatic heterocycles. The molecule has 0 atom stereocenters. The molecule has 0 bridgehead atoms. The average molecular weight is 178 g/mol. The molecule has 0 saturated carbocycles. The Morgan fingerprint density at radius 1 is 1.58 bits per heavy atom. The predicted octanol–water partition coefficient (Wildman–Crippen LogP) is 1.66. The SMILES string of the molecule is O=C=Nc1cnc(C(F)(F)F)o1. The molecule has 0 aliphatic carbocycles. The van der Waals surface area contributed by atoms with Crippen LogP contribution in [0.1, 0.15) is 5.89 Å². The van der Waals surface area contributed by atoms with Crippen LogP contribution in [0.3, 0.4) is 0 Å². The van der Waals surface area contributed by atoms with Crippen molar-refractivity contribution in [2.24, 2.45) is 4.99 Å². The number of carbonyl (C=O) groups excluding carboxylic acids is 1. The number of rotatable bonds is 1. The minimum absolute atomic E-state index is 0.516. The van der Waals surface area contributed by atoms with Gasteiger partial charge in [-0.2, -0.15) is 13.2 Å². The van der Waals surface area contributed by atoms with Crippen molar-refractivity contribution in [1.29, 1.82) is 0 Å². The van der Waals surface area contributed by atoms with Crippen molar-refractivity contribution < 1.29 is 22.4 Å². The molecular weight excluding hydrogens is 177 g/mol. The maximum Gasteiger partial charge on any atom is 0.469 e. The lowest BCUT2D eigenvalue weighted by atomic mass is 10.7. The summed E-state index contributed by atoms with van der Waals surface area (Å²) >= 11 is 0. The highest BCUT2D eigenvalue weighted by molar-refractivity contribution is 5.41. The summed E-state index contributed by atoms with van der Waals surface area (Å²) in [5.74, 6) is -1.95. The number of halogens is 3. The molecule has 0 saturated heterocycles.